The molecule has 1 N–H and O–H groups in total. The number of fused-ring (bicyclic) bond motifs is 3. The Labute approximate surface area is 198 Å². The number of aryl methyl sites for hydroxylation is 1. The minimum atomic E-state index is -0.236. The molecule has 34 heavy (non-hydrogen) atoms. The van der Waals surface area contributed by atoms with E-state index in [1.165, 1.54) is 14.2 Å². The molecule has 7 nitrogen and oxygen atoms in total. The second-order valence-electron chi connectivity index (χ2n) is 8.17. The van der Waals surface area contributed by atoms with Gasteiger partial charge < -0.3 is 19.4 Å². The molecule has 0 aliphatic heterocycles. The third-order valence-electron chi connectivity index (χ3n) is 6.14. The van der Waals surface area contributed by atoms with Crippen LogP contribution in [0.25, 0.3) is 33.1 Å². The van der Waals surface area contributed by atoms with Gasteiger partial charge in [0.15, 0.2) is 17.8 Å². The number of amides is 1. The van der Waals surface area contributed by atoms with Gasteiger partial charge in [-0.15, -0.1) is 0 Å². The fourth-order valence-corrected chi connectivity index (χ4v) is 4.44. The number of carbonyl (C=O) groups excluding carboxylic acids is 2. The highest BCUT2D eigenvalue weighted by atomic mass is 16.5. The molecule has 2 heterocycles. The van der Waals surface area contributed by atoms with Gasteiger partial charge in [-0.25, -0.2) is 4.98 Å². The minimum absolute atomic E-state index is 0.236. The molecule has 0 saturated carbocycles. The van der Waals surface area contributed by atoms with Crippen LogP contribution >= 0.6 is 0 Å². The maximum atomic E-state index is 13.1. The molecule has 1 amide bonds. The fraction of sp³-hybridized carbons (Fsp3) is 0.296. The fourth-order valence-electron chi connectivity index (χ4n) is 4.44. The van der Waals surface area contributed by atoms with Gasteiger partial charge >= 0.3 is 0 Å². The molecule has 176 valence electrons. The van der Waals surface area contributed by atoms with Crippen LogP contribution in [-0.2, 0) is 7.05 Å². The molecule has 0 fully saturated rings. The Balaban J connectivity index is 1.99. The number of pyridine rings is 1. The molecule has 4 rings (SSSR count). The van der Waals surface area contributed by atoms with Crippen molar-refractivity contribution >= 4 is 34.0 Å². The summed E-state index contributed by atoms with van der Waals surface area (Å²) in [6.45, 7) is 2.71. The average Bonchev–Trinajstić information content (AvgIpc) is 3.17. The SMILES string of the molecule is CCCCCNC(=O)c1cc2c3ccccc3n(C)c2c(-c2ccc(OC)c(OC)c2C=O)n1. The number of nitrogens with zero attached hydrogens (tertiary/aromatic N) is 2. The lowest BCUT2D eigenvalue weighted by Crippen LogP contribution is -2.25. The predicted molar refractivity (Wildman–Crippen MR) is 134 cm³/mol. The van der Waals surface area contributed by atoms with Crippen molar-refractivity contribution < 1.29 is 19.1 Å². The molecule has 0 unspecified atom stereocenters. The van der Waals surface area contributed by atoms with Gasteiger partial charge in [-0.05, 0) is 30.7 Å². The normalized spacial score (nSPS) is 11.1. The van der Waals surface area contributed by atoms with E-state index in [1.807, 2.05) is 41.9 Å². The van der Waals surface area contributed by atoms with E-state index in [9.17, 15) is 9.59 Å². The number of rotatable bonds is 9. The Bertz CT molecular complexity index is 1370. The Hall–Kier alpha value is -3.87. The van der Waals surface area contributed by atoms with E-state index in [4.69, 9.17) is 14.5 Å². The quantitative estimate of drug-likeness (QED) is 0.277. The summed E-state index contributed by atoms with van der Waals surface area (Å²) in [6.07, 6.45) is 3.78. The van der Waals surface area contributed by atoms with Gasteiger partial charge in [0.25, 0.3) is 5.91 Å². The highest BCUT2D eigenvalue weighted by molar-refractivity contribution is 6.14. The number of aromatic nitrogens is 2. The van der Waals surface area contributed by atoms with Gasteiger partial charge in [-0.2, -0.15) is 0 Å². The second kappa shape index (κ2) is 9.95. The molecule has 0 atom stereocenters. The monoisotopic (exact) mass is 459 g/mol. The van der Waals surface area contributed by atoms with Gasteiger partial charge in [0, 0.05) is 35.4 Å². The number of ether oxygens (including phenoxy) is 2. The van der Waals surface area contributed by atoms with E-state index < -0.39 is 0 Å². The predicted octanol–water partition coefficient (Wildman–Crippen LogP) is 5.14. The molecule has 0 radical (unpaired) electrons. The van der Waals surface area contributed by atoms with Crippen LogP contribution < -0.4 is 14.8 Å². The maximum absolute atomic E-state index is 13.1. The number of nitrogens with one attached hydrogen (secondary N) is 1. The van der Waals surface area contributed by atoms with Crippen LogP contribution in [0, 0.1) is 0 Å². The summed E-state index contributed by atoms with van der Waals surface area (Å²) >= 11 is 0. The van der Waals surface area contributed by atoms with Crippen LogP contribution in [0.1, 0.15) is 47.0 Å². The molecular formula is C27H29N3O4. The summed E-state index contributed by atoms with van der Waals surface area (Å²) in [5.41, 5.74) is 3.58. The lowest BCUT2D eigenvalue weighted by molar-refractivity contribution is 0.0948. The van der Waals surface area contributed by atoms with Gasteiger partial charge in [0.1, 0.15) is 5.69 Å². The summed E-state index contributed by atoms with van der Waals surface area (Å²) in [5, 5.41) is 4.89. The molecule has 0 saturated heterocycles. The van der Waals surface area contributed by atoms with Crippen LogP contribution in [0.15, 0.2) is 42.5 Å². The number of methoxy groups -OCH3 is 2. The smallest absolute Gasteiger partial charge is 0.269 e. The molecule has 0 aliphatic carbocycles. The van der Waals surface area contributed by atoms with Crippen molar-refractivity contribution in [2.45, 2.75) is 26.2 Å². The lowest BCUT2D eigenvalue weighted by atomic mass is 10.0. The van der Waals surface area contributed by atoms with Crippen molar-refractivity contribution in [2.75, 3.05) is 20.8 Å². The summed E-state index contributed by atoms with van der Waals surface area (Å²) in [4.78, 5) is 30.1. The van der Waals surface area contributed by atoms with Gasteiger partial charge in [0.05, 0.1) is 31.0 Å². The number of unbranched alkanes of at least 4 members (excludes halogenated alkanes) is 2. The van der Waals surface area contributed by atoms with Crippen molar-refractivity contribution in [1.82, 2.24) is 14.9 Å². The summed E-state index contributed by atoms with van der Waals surface area (Å²) in [6, 6.07) is 13.4. The Morgan fingerprint density at radius 3 is 2.59 bits per heavy atom. The number of hydrogen-bond donors (Lipinski definition) is 1. The number of aldehydes is 1. The van der Waals surface area contributed by atoms with Crippen molar-refractivity contribution in [1.29, 1.82) is 0 Å². The molecule has 0 aliphatic rings. The van der Waals surface area contributed by atoms with E-state index in [0.29, 0.717) is 40.6 Å². The second-order valence-corrected chi connectivity index (χ2v) is 8.17. The summed E-state index contributed by atoms with van der Waals surface area (Å²) < 4.78 is 12.9. The van der Waals surface area contributed by atoms with E-state index in [0.717, 1.165) is 47.4 Å². The largest absolute Gasteiger partial charge is 0.493 e. The van der Waals surface area contributed by atoms with Crippen LogP contribution in [0.5, 0.6) is 11.5 Å². The first-order valence-electron chi connectivity index (χ1n) is 11.4. The van der Waals surface area contributed by atoms with Crippen molar-refractivity contribution in [3.8, 4) is 22.8 Å². The number of carbonyl (C=O) groups is 2. The molecule has 0 spiro atoms. The number of para-hydroxylation sites is 1. The summed E-state index contributed by atoms with van der Waals surface area (Å²) in [7, 11) is 4.98. The van der Waals surface area contributed by atoms with Crippen LogP contribution in [-0.4, -0.2) is 42.5 Å². The zero-order valence-corrected chi connectivity index (χ0v) is 20.0. The zero-order valence-electron chi connectivity index (χ0n) is 20.0. The minimum Gasteiger partial charge on any atom is -0.493 e. The zero-order chi connectivity index (χ0) is 24.2. The van der Waals surface area contributed by atoms with Crippen LogP contribution in [0.3, 0.4) is 0 Å². The molecule has 4 aromatic rings. The molecule has 2 aromatic carbocycles. The highest BCUT2D eigenvalue weighted by Crippen LogP contribution is 2.40. The Morgan fingerprint density at radius 2 is 1.88 bits per heavy atom. The molecule has 2 aromatic heterocycles. The topological polar surface area (TPSA) is 82.5 Å². The van der Waals surface area contributed by atoms with Crippen LogP contribution in [0.4, 0.5) is 0 Å². The lowest BCUT2D eigenvalue weighted by Gasteiger charge is -2.15. The average molecular weight is 460 g/mol. The van der Waals surface area contributed by atoms with Gasteiger partial charge in [0.2, 0.25) is 0 Å². The third-order valence-corrected chi connectivity index (χ3v) is 6.14. The first kappa shape index (κ1) is 23.3. The third kappa shape index (κ3) is 3.98. The van der Waals surface area contributed by atoms with E-state index in [1.54, 1.807) is 12.1 Å². The van der Waals surface area contributed by atoms with Crippen molar-refractivity contribution in [3.05, 3.63) is 53.7 Å². The van der Waals surface area contributed by atoms with Gasteiger partial charge in [-0.1, -0.05) is 38.0 Å². The van der Waals surface area contributed by atoms with E-state index in [-0.39, 0.29) is 5.91 Å². The van der Waals surface area contributed by atoms with Crippen molar-refractivity contribution in [3.63, 3.8) is 0 Å². The Kier molecular flexibility index (Phi) is 6.82. The first-order valence-corrected chi connectivity index (χ1v) is 11.4. The van der Waals surface area contributed by atoms with Crippen LogP contribution in [0.2, 0.25) is 0 Å². The molecule has 7 heteroatoms. The number of hydrogen-bond acceptors (Lipinski definition) is 5. The van der Waals surface area contributed by atoms with Gasteiger partial charge in [-0.3, -0.25) is 9.59 Å². The van der Waals surface area contributed by atoms with Crippen molar-refractivity contribution in [2.24, 2.45) is 7.05 Å². The summed E-state index contributed by atoms with van der Waals surface area (Å²) in [5.74, 6) is 0.546. The van der Waals surface area contributed by atoms with E-state index >= 15 is 0 Å². The van der Waals surface area contributed by atoms with E-state index in [2.05, 4.69) is 12.2 Å². The maximum Gasteiger partial charge on any atom is 0.269 e. The highest BCUT2D eigenvalue weighted by Gasteiger charge is 2.23. The molecular weight excluding hydrogens is 430 g/mol. The molecule has 0 bridgehead atoms. The Morgan fingerprint density at radius 1 is 1.09 bits per heavy atom. The standard InChI is InChI=1S/C27H29N3O4/c1-5-6-9-14-28-27(32)21-15-19-17-10-7-8-11-22(17)30(2)25(19)24(29-21)18-12-13-23(33-3)26(34-4)20(18)16-31/h7-8,10-13,15-16H,5-6,9,14H2,1-4H3,(H,28,32). The first-order chi connectivity index (χ1) is 16.5. The number of benzene rings is 2.